The van der Waals surface area contributed by atoms with Crippen LogP contribution in [-0.2, 0) is 0 Å². The van der Waals surface area contributed by atoms with E-state index in [1.165, 1.54) is 0 Å². The molecule has 2 atom stereocenters. The van der Waals surface area contributed by atoms with Crippen LogP contribution in [0.1, 0.15) is 26.2 Å². The van der Waals surface area contributed by atoms with Gasteiger partial charge in [-0.05, 0) is 41.3 Å². The topological polar surface area (TPSA) is 74.5 Å². The van der Waals surface area contributed by atoms with Gasteiger partial charge in [-0.15, -0.1) is 0 Å². The monoisotopic (exact) mass is 431 g/mol. The highest BCUT2D eigenvalue weighted by Crippen LogP contribution is 2.29. The first-order valence-corrected chi connectivity index (χ1v) is 10.1. The second-order valence-corrected chi connectivity index (χ2v) is 7.56. The van der Waals surface area contributed by atoms with Crippen LogP contribution in [0.5, 0.6) is 0 Å². The highest BCUT2D eigenvalue weighted by molar-refractivity contribution is 9.10. The SMILES string of the molecule is C=C/C(=C\C=C/C)CNc1cc(N[C@H]2CCC[C@H]2CO)nc2c(Br)cnn12. The van der Waals surface area contributed by atoms with E-state index in [4.69, 9.17) is 4.98 Å². The number of aliphatic hydroxyl groups is 1. The van der Waals surface area contributed by atoms with Gasteiger partial charge in [-0.2, -0.15) is 9.61 Å². The van der Waals surface area contributed by atoms with Crippen LogP contribution in [0.4, 0.5) is 11.6 Å². The fraction of sp³-hybridized carbons (Fsp3) is 0.400. The number of anilines is 2. The fourth-order valence-electron chi connectivity index (χ4n) is 3.38. The van der Waals surface area contributed by atoms with Gasteiger partial charge in [0.05, 0.1) is 10.7 Å². The van der Waals surface area contributed by atoms with E-state index in [-0.39, 0.29) is 18.6 Å². The maximum absolute atomic E-state index is 9.58. The molecule has 0 saturated heterocycles. The lowest BCUT2D eigenvalue weighted by Gasteiger charge is -2.20. The van der Waals surface area contributed by atoms with Crippen LogP contribution in [0.15, 0.2) is 53.2 Å². The predicted molar refractivity (Wildman–Crippen MR) is 114 cm³/mol. The Labute approximate surface area is 168 Å². The summed E-state index contributed by atoms with van der Waals surface area (Å²) in [6.07, 6.45) is 12.8. The first kappa shape index (κ1) is 19.6. The van der Waals surface area contributed by atoms with E-state index in [0.29, 0.717) is 6.54 Å². The molecule has 2 aromatic rings. The van der Waals surface area contributed by atoms with E-state index in [0.717, 1.165) is 46.6 Å². The van der Waals surface area contributed by atoms with Crippen LogP contribution in [0.3, 0.4) is 0 Å². The van der Waals surface area contributed by atoms with Crippen molar-refractivity contribution < 1.29 is 5.11 Å². The Balaban J connectivity index is 1.86. The summed E-state index contributed by atoms with van der Waals surface area (Å²) in [5.74, 6) is 1.91. The Kier molecular flexibility index (Phi) is 6.68. The number of nitrogens with zero attached hydrogens (tertiary/aromatic N) is 3. The van der Waals surface area contributed by atoms with Crippen molar-refractivity contribution in [1.29, 1.82) is 0 Å². The number of hydrogen-bond acceptors (Lipinski definition) is 5. The first-order valence-electron chi connectivity index (χ1n) is 9.26. The van der Waals surface area contributed by atoms with E-state index < -0.39 is 0 Å². The number of nitrogens with one attached hydrogen (secondary N) is 2. The molecule has 2 aromatic heterocycles. The molecule has 1 saturated carbocycles. The maximum Gasteiger partial charge on any atom is 0.173 e. The minimum Gasteiger partial charge on any atom is -0.396 e. The van der Waals surface area contributed by atoms with E-state index in [1.54, 1.807) is 10.7 Å². The molecule has 3 N–H and O–H groups in total. The normalized spacial score (nSPS) is 20.5. The van der Waals surface area contributed by atoms with Gasteiger partial charge < -0.3 is 15.7 Å². The van der Waals surface area contributed by atoms with Crippen molar-refractivity contribution in [3.63, 3.8) is 0 Å². The molecule has 6 nitrogen and oxygen atoms in total. The lowest BCUT2D eigenvalue weighted by atomic mass is 10.1. The molecule has 0 aromatic carbocycles. The van der Waals surface area contributed by atoms with Gasteiger partial charge in [0.15, 0.2) is 5.65 Å². The quantitative estimate of drug-likeness (QED) is 0.547. The average molecular weight is 432 g/mol. The summed E-state index contributed by atoms with van der Waals surface area (Å²) in [5.41, 5.74) is 1.83. The van der Waals surface area contributed by atoms with Gasteiger partial charge in [-0.1, -0.05) is 37.3 Å². The minimum absolute atomic E-state index is 0.208. The Morgan fingerprint density at radius 1 is 1.48 bits per heavy atom. The lowest BCUT2D eigenvalue weighted by Crippen LogP contribution is -2.27. The third-order valence-corrected chi connectivity index (χ3v) is 5.45. The molecule has 3 rings (SSSR count). The molecule has 0 aliphatic heterocycles. The Morgan fingerprint density at radius 2 is 2.33 bits per heavy atom. The maximum atomic E-state index is 9.58. The molecular weight excluding hydrogens is 406 g/mol. The standard InChI is InChI=1S/C20H26BrN5O/c1-3-5-7-14(4-2)11-22-19-10-18(24-17-9-6-8-15(17)13-27)25-20-16(21)12-23-26(19)20/h3-5,7,10,12,15,17,22,27H,2,6,8-9,11,13H2,1H3,(H,24,25)/b5-3-,14-7+/t15-,17-/m0/s1. The zero-order valence-electron chi connectivity index (χ0n) is 15.5. The number of aromatic nitrogens is 3. The highest BCUT2D eigenvalue weighted by atomic mass is 79.9. The van der Waals surface area contributed by atoms with Gasteiger partial charge in [-0.3, -0.25) is 0 Å². The van der Waals surface area contributed by atoms with Crippen LogP contribution < -0.4 is 10.6 Å². The number of rotatable bonds is 8. The predicted octanol–water partition coefficient (Wildman–Crippen LogP) is 4.17. The molecule has 1 fully saturated rings. The second-order valence-electron chi connectivity index (χ2n) is 6.70. The van der Waals surface area contributed by atoms with Crippen molar-refractivity contribution in [2.24, 2.45) is 5.92 Å². The Bertz CT molecular complexity index is 857. The molecule has 7 heteroatoms. The Morgan fingerprint density at radius 3 is 3.07 bits per heavy atom. The highest BCUT2D eigenvalue weighted by Gasteiger charge is 2.27. The second kappa shape index (κ2) is 9.19. The van der Waals surface area contributed by atoms with Gasteiger partial charge in [0, 0.05) is 31.2 Å². The summed E-state index contributed by atoms with van der Waals surface area (Å²) in [4.78, 5) is 4.70. The van der Waals surface area contributed by atoms with Crippen LogP contribution in [0.2, 0.25) is 0 Å². The van der Waals surface area contributed by atoms with E-state index in [1.807, 2.05) is 37.3 Å². The van der Waals surface area contributed by atoms with Gasteiger partial charge in [0.25, 0.3) is 0 Å². The molecule has 0 unspecified atom stereocenters. The third-order valence-electron chi connectivity index (χ3n) is 4.89. The summed E-state index contributed by atoms with van der Waals surface area (Å²) in [7, 11) is 0. The zero-order valence-corrected chi connectivity index (χ0v) is 17.1. The van der Waals surface area contributed by atoms with Crippen LogP contribution in [-0.4, -0.2) is 38.9 Å². The molecular formula is C20H26BrN5O. The molecule has 1 aliphatic carbocycles. The molecule has 1 aliphatic rings. The van der Waals surface area contributed by atoms with Crippen molar-refractivity contribution in [1.82, 2.24) is 14.6 Å². The molecule has 144 valence electrons. The number of fused-ring (bicyclic) bond motifs is 1. The van der Waals surface area contributed by atoms with Crippen molar-refractivity contribution in [2.45, 2.75) is 32.2 Å². The summed E-state index contributed by atoms with van der Waals surface area (Å²) in [5, 5.41) is 20.9. The van der Waals surface area contributed by atoms with Crippen LogP contribution in [0.25, 0.3) is 5.65 Å². The third kappa shape index (κ3) is 4.59. The minimum atomic E-state index is 0.208. The Hall–Kier alpha value is -2.12. The van der Waals surface area contributed by atoms with Gasteiger partial charge in [0.2, 0.25) is 0 Å². The number of halogens is 1. The average Bonchev–Trinajstić information content (AvgIpc) is 3.28. The molecule has 2 heterocycles. The van der Waals surface area contributed by atoms with Crippen molar-refractivity contribution in [3.05, 3.63) is 53.2 Å². The van der Waals surface area contributed by atoms with Gasteiger partial charge >= 0.3 is 0 Å². The largest absolute Gasteiger partial charge is 0.396 e. The van der Waals surface area contributed by atoms with Crippen molar-refractivity contribution in [2.75, 3.05) is 23.8 Å². The van der Waals surface area contributed by atoms with E-state index >= 15 is 0 Å². The summed E-state index contributed by atoms with van der Waals surface area (Å²) >= 11 is 3.52. The molecule has 0 bridgehead atoms. The number of hydrogen-bond donors (Lipinski definition) is 3. The smallest absolute Gasteiger partial charge is 0.173 e. The van der Waals surface area contributed by atoms with Crippen LogP contribution in [0, 0.1) is 5.92 Å². The molecule has 0 radical (unpaired) electrons. The zero-order chi connectivity index (χ0) is 19.2. The van der Waals surface area contributed by atoms with E-state index in [2.05, 4.69) is 38.2 Å². The van der Waals surface area contributed by atoms with Crippen LogP contribution >= 0.6 is 15.9 Å². The summed E-state index contributed by atoms with van der Waals surface area (Å²) < 4.78 is 2.62. The fourth-order valence-corrected chi connectivity index (χ4v) is 3.73. The molecule has 0 amide bonds. The first-order chi connectivity index (χ1) is 13.2. The van der Waals surface area contributed by atoms with Crippen molar-refractivity contribution >= 4 is 33.2 Å². The van der Waals surface area contributed by atoms with Gasteiger partial charge in [0.1, 0.15) is 11.6 Å². The summed E-state index contributed by atoms with van der Waals surface area (Å²) in [6, 6.07) is 2.22. The molecule has 27 heavy (non-hydrogen) atoms. The van der Waals surface area contributed by atoms with Gasteiger partial charge in [-0.25, -0.2) is 4.98 Å². The molecule has 0 spiro atoms. The summed E-state index contributed by atoms with van der Waals surface area (Å²) in [6.45, 7) is 6.70. The number of aliphatic hydroxyl groups excluding tert-OH is 1. The van der Waals surface area contributed by atoms with Crippen molar-refractivity contribution in [3.8, 4) is 0 Å². The lowest BCUT2D eigenvalue weighted by molar-refractivity contribution is 0.222. The number of allylic oxidation sites excluding steroid dienone is 3. The van der Waals surface area contributed by atoms with E-state index in [9.17, 15) is 5.11 Å².